The van der Waals surface area contributed by atoms with Crippen LogP contribution in [0.25, 0.3) is 23.1 Å². The molecule has 0 aliphatic heterocycles. The van der Waals surface area contributed by atoms with Gasteiger partial charge in [0.25, 0.3) is 0 Å². The molecule has 0 spiro atoms. The summed E-state index contributed by atoms with van der Waals surface area (Å²) in [5.41, 5.74) is 4.06. The van der Waals surface area contributed by atoms with Crippen molar-refractivity contribution < 1.29 is 8.78 Å². The lowest BCUT2D eigenvalue weighted by molar-refractivity contribution is 0.577. The van der Waals surface area contributed by atoms with Gasteiger partial charge >= 0.3 is 0 Å². The first-order valence-electron chi connectivity index (χ1n) is 8.87. The number of nitrogens with one attached hydrogen (secondary N) is 2. The predicted molar refractivity (Wildman–Crippen MR) is 108 cm³/mol. The number of nitrogens with zero attached hydrogens (tertiary/aromatic N) is 2. The number of aromatic nitrogens is 3. The van der Waals surface area contributed by atoms with Crippen molar-refractivity contribution in [3.8, 4) is 0 Å². The van der Waals surface area contributed by atoms with Crippen LogP contribution in [0.3, 0.4) is 0 Å². The third-order valence-electron chi connectivity index (χ3n) is 4.48. The van der Waals surface area contributed by atoms with Gasteiger partial charge < -0.3 is 5.32 Å². The Kier molecular flexibility index (Phi) is 4.85. The fourth-order valence-corrected chi connectivity index (χ4v) is 3.06. The maximum absolute atomic E-state index is 13.5. The van der Waals surface area contributed by atoms with Gasteiger partial charge in [-0.05, 0) is 60.5 Å². The molecule has 2 N–H and O–H groups in total. The van der Waals surface area contributed by atoms with Gasteiger partial charge in [0.1, 0.15) is 11.6 Å². The largest absolute Gasteiger partial charge is 0.378 e. The van der Waals surface area contributed by atoms with Gasteiger partial charge in [-0.2, -0.15) is 5.10 Å². The Labute approximate surface area is 160 Å². The molecular formula is C22H18F2N4. The van der Waals surface area contributed by atoms with Crippen molar-refractivity contribution in [3.05, 3.63) is 89.4 Å². The van der Waals surface area contributed by atoms with Crippen LogP contribution in [0, 0.1) is 11.6 Å². The molecule has 0 fully saturated rings. The zero-order chi connectivity index (χ0) is 19.5. The van der Waals surface area contributed by atoms with Crippen LogP contribution in [0.4, 0.5) is 14.5 Å². The van der Waals surface area contributed by atoms with Crippen LogP contribution >= 0.6 is 0 Å². The number of fused-ring (bicyclic) bond motifs is 1. The highest BCUT2D eigenvalue weighted by molar-refractivity contribution is 5.91. The lowest BCUT2D eigenvalue weighted by Gasteiger charge is -2.16. The highest BCUT2D eigenvalue weighted by Gasteiger charge is 2.10. The molecular weight excluding hydrogens is 358 g/mol. The molecule has 0 saturated heterocycles. The smallest absolute Gasteiger partial charge is 0.126 e. The summed E-state index contributed by atoms with van der Waals surface area (Å²) in [4.78, 5) is 4.09. The number of benzene rings is 2. The fraction of sp³-hybridized carbons (Fsp3) is 0.0909. The lowest BCUT2D eigenvalue weighted by Crippen LogP contribution is -2.07. The van der Waals surface area contributed by atoms with Gasteiger partial charge in [-0.25, -0.2) is 8.78 Å². The molecule has 0 amide bonds. The summed E-state index contributed by atoms with van der Waals surface area (Å²) < 4.78 is 27.0. The second kappa shape index (κ2) is 7.60. The summed E-state index contributed by atoms with van der Waals surface area (Å²) in [5, 5.41) is 11.6. The Bertz CT molecular complexity index is 1120. The van der Waals surface area contributed by atoms with Gasteiger partial charge in [0, 0.05) is 35.6 Å². The van der Waals surface area contributed by atoms with Crippen LogP contribution in [0.2, 0.25) is 0 Å². The van der Waals surface area contributed by atoms with Crippen LogP contribution in [-0.4, -0.2) is 15.2 Å². The van der Waals surface area contributed by atoms with E-state index in [1.165, 1.54) is 12.1 Å². The summed E-state index contributed by atoms with van der Waals surface area (Å²) in [6.07, 6.45) is 7.37. The minimum atomic E-state index is -0.586. The van der Waals surface area contributed by atoms with E-state index in [1.807, 2.05) is 49.4 Å². The minimum Gasteiger partial charge on any atom is -0.378 e. The fourth-order valence-electron chi connectivity index (χ4n) is 3.06. The van der Waals surface area contributed by atoms with E-state index < -0.39 is 11.6 Å². The monoisotopic (exact) mass is 376 g/mol. The average Bonchev–Trinajstić information content (AvgIpc) is 3.09. The van der Waals surface area contributed by atoms with Crippen molar-refractivity contribution in [1.29, 1.82) is 0 Å². The summed E-state index contributed by atoms with van der Waals surface area (Å²) >= 11 is 0. The maximum Gasteiger partial charge on any atom is 0.126 e. The van der Waals surface area contributed by atoms with Crippen molar-refractivity contribution >= 4 is 28.7 Å². The first-order chi connectivity index (χ1) is 13.6. The molecule has 140 valence electrons. The predicted octanol–water partition coefficient (Wildman–Crippen LogP) is 5.58. The standard InChI is InChI=1S/C22H18F2N4/c1-14(16-9-17(23)11-18(24)10-16)26-19-5-7-22-20(12-19)21(27-28-22)6-4-15-3-2-8-25-13-15/h2-14,26H,1H3,(H,27,28)/b6-4+. The number of aromatic amines is 1. The minimum absolute atomic E-state index is 0.260. The summed E-state index contributed by atoms with van der Waals surface area (Å²) in [6.45, 7) is 1.86. The van der Waals surface area contributed by atoms with Gasteiger partial charge in [0.15, 0.2) is 0 Å². The molecule has 1 atom stereocenters. The molecule has 4 aromatic rings. The third-order valence-corrected chi connectivity index (χ3v) is 4.48. The molecule has 0 radical (unpaired) electrons. The lowest BCUT2D eigenvalue weighted by atomic mass is 10.1. The molecule has 0 aliphatic rings. The summed E-state index contributed by atoms with van der Waals surface area (Å²) in [7, 11) is 0. The quantitative estimate of drug-likeness (QED) is 0.478. The second-order valence-corrected chi connectivity index (χ2v) is 6.56. The van der Waals surface area contributed by atoms with Crippen molar-refractivity contribution in [3.63, 3.8) is 0 Å². The van der Waals surface area contributed by atoms with Gasteiger partial charge in [-0.1, -0.05) is 12.1 Å². The number of anilines is 1. The Morgan fingerprint density at radius 1 is 1.04 bits per heavy atom. The Morgan fingerprint density at radius 3 is 2.61 bits per heavy atom. The van der Waals surface area contributed by atoms with E-state index in [2.05, 4.69) is 20.5 Å². The van der Waals surface area contributed by atoms with Gasteiger partial charge in [0.05, 0.1) is 11.2 Å². The van der Waals surface area contributed by atoms with Crippen LogP contribution in [0.15, 0.2) is 60.9 Å². The van der Waals surface area contributed by atoms with Crippen LogP contribution < -0.4 is 5.32 Å². The molecule has 6 heteroatoms. The first kappa shape index (κ1) is 17.9. The third kappa shape index (κ3) is 3.91. The van der Waals surface area contributed by atoms with Gasteiger partial charge in [-0.15, -0.1) is 0 Å². The summed E-state index contributed by atoms with van der Waals surface area (Å²) in [6, 6.07) is 12.9. The molecule has 2 aromatic carbocycles. The molecule has 4 rings (SSSR count). The van der Waals surface area contributed by atoms with E-state index in [9.17, 15) is 8.78 Å². The molecule has 28 heavy (non-hydrogen) atoms. The van der Waals surface area contributed by atoms with Crippen molar-refractivity contribution in [2.45, 2.75) is 13.0 Å². The highest BCUT2D eigenvalue weighted by atomic mass is 19.1. The summed E-state index contributed by atoms with van der Waals surface area (Å²) in [5.74, 6) is -1.17. The number of hydrogen-bond acceptors (Lipinski definition) is 3. The van der Waals surface area contributed by atoms with Gasteiger partial charge in [0.2, 0.25) is 0 Å². The van der Waals surface area contributed by atoms with E-state index in [1.54, 1.807) is 12.4 Å². The zero-order valence-corrected chi connectivity index (χ0v) is 15.2. The Balaban J connectivity index is 1.59. The SMILES string of the molecule is CC(Nc1ccc2[nH]nc(/C=C/c3cccnc3)c2c1)c1cc(F)cc(F)c1. The van der Waals surface area contributed by atoms with Crippen molar-refractivity contribution in [1.82, 2.24) is 15.2 Å². The average molecular weight is 376 g/mol. The van der Waals surface area contributed by atoms with Gasteiger partial charge in [-0.3, -0.25) is 10.1 Å². The van der Waals surface area contributed by atoms with E-state index in [0.29, 0.717) is 5.56 Å². The number of rotatable bonds is 5. The zero-order valence-electron chi connectivity index (χ0n) is 15.2. The first-order valence-corrected chi connectivity index (χ1v) is 8.87. The van der Waals surface area contributed by atoms with E-state index in [-0.39, 0.29) is 6.04 Å². The molecule has 0 aliphatic carbocycles. The molecule has 2 heterocycles. The van der Waals surface area contributed by atoms with E-state index >= 15 is 0 Å². The van der Waals surface area contributed by atoms with Crippen molar-refractivity contribution in [2.24, 2.45) is 0 Å². The number of pyridine rings is 1. The number of halogens is 2. The number of H-pyrrole nitrogens is 1. The van der Waals surface area contributed by atoms with Crippen LogP contribution in [0.5, 0.6) is 0 Å². The second-order valence-electron chi connectivity index (χ2n) is 6.56. The normalized spacial score (nSPS) is 12.5. The van der Waals surface area contributed by atoms with E-state index in [4.69, 9.17) is 0 Å². The molecule has 0 saturated carbocycles. The Morgan fingerprint density at radius 2 is 1.86 bits per heavy atom. The Hall–Kier alpha value is -3.54. The number of hydrogen-bond donors (Lipinski definition) is 2. The van der Waals surface area contributed by atoms with Crippen LogP contribution in [0.1, 0.15) is 29.8 Å². The molecule has 0 bridgehead atoms. The maximum atomic E-state index is 13.5. The van der Waals surface area contributed by atoms with Crippen LogP contribution in [-0.2, 0) is 0 Å². The molecule has 2 aromatic heterocycles. The topological polar surface area (TPSA) is 53.6 Å². The van der Waals surface area contributed by atoms with E-state index in [0.717, 1.165) is 33.9 Å². The molecule has 1 unspecified atom stereocenters. The molecule has 4 nitrogen and oxygen atoms in total. The van der Waals surface area contributed by atoms with Crippen molar-refractivity contribution in [2.75, 3.05) is 5.32 Å². The highest BCUT2D eigenvalue weighted by Crippen LogP contribution is 2.26.